The van der Waals surface area contributed by atoms with Crippen molar-refractivity contribution < 1.29 is 19.1 Å². The number of thioether (sulfide) groups is 1. The van der Waals surface area contributed by atoms with Crippen LogP contribution in [0.4, 0.5) is 5.00 Å². The Labute approximate surface area is 146 Å². The van der Waals surface area contributed by atoms with Crippen molar-refractivity contribution in [2.24, 2.45) is 0 Å². The molecule has 0 saturated heterocycles. The number of rotatable bonds is 5. The van der Waals surface area contributed by atoms with Crippen molar-refractivity contribution >= 4 is 51.6 Å². The third-order valence-electron chi connectivity index (χ3n) is 2.99. The summed E-state index contributed by atoms with van der Waals surface area (Å²) in [4.78, 5) is 25.1. The molecular weight excluding hydrogens is 358 g/mol. The SMILES string of the molecule is COC(=O)c1sc(N)c(C(=O)OC)c1CSc1ccc(Cl)cc1. The lowest BCUT2D eigenvalue weighted by Gasteiger charge is -2.06. The van der Waals surface area contributed by atoms with Crippen LogP contribution in [-0.4, -0.2) is 26.2 Å². The van der Waals surface area contributed by atoms with E-state index in [2.05, 4.69) is 0 Å². The Morgan fingerprint density at radius 2 is 1.78 bits per heavy atom. The van der Waals surface area contributed by atoms with E-state index in [0.29, 0.717) is 21.2 Å². The summed E-state index contributed by atoms with van der Waals surface area (Å²) in [7, 11) is 2.56. The summed E-state index contributed by atoms with van der Waals surface area (Å²) in [5.41, 5.74) is 6.62. The van der Waals surface area contributed by atoms with E-state index in [4.69, 9.17) is 26.8 Å². The van der Waals surface area contributed by atoms with E-state index < -0.39 is 11.9 Å². The van der Waals surface area contributed by atoms with E-state index in [0.717, 1.165) is 16.2 Å². The number of carbonyl (C=O) groups excluding carboxylic acids is 2. The number of nitrogen functional groups attached to an aromatic ring is 1. The van der Waals surface area contributed by atoms with Crippen LogP contribution in [-0.2, 0) is 15.2 Å². The van der Waals surface area contributed by atoms with Gasteiger partial charge in [-0.3, -0.25) is 0 Å². The molecule has 0 unspecified atom stereocenters. The van der Waals surface area contributed by atoms with Gasteiger partial charge in [-0.05, 0) is 24.3 Å². The number of anilines is 1. The monoisotopic (exact) mass is 371 g/mol. The van der Waals surface area contributed by atoms with Crippen LogP contribution >= 0.6 is 34.7 Å². The fourth-order valence-electron chi connectivity index (χ4n) is 1.89. The van der Waals surface area contributed by atoms with E-state index >= 15 is 0 Å². The molecule has 2 N–H and O–H groups in total. The summed E-state index contributed by atoms with van der Waals surface area (Å²) in [5, 5.41) is 0.878. The second-order valence-electron chi connectivity index (χ2n) is 4.37. The number of methoxy groups -OCH3 is 2. The molecule has 0 bridgehead atoms. The summed E-state index contributed by atoms with van der Waals surface area (Å²) in [6.07, 6.45) is 0. The fraction of sp³-hybridized carbons (Fsp3) is 0.200. The lowest BCUT2D eigenvalue weighted by Crippen LogP contribution is -2.08. The number of halogens is 1. The maximum Gasteiger partial charge on any atom is 0.348 e. The molecule has 0 atom stereocenters. The highest BCUT2D eigenvalue weighted by Crippen LogP contribution is 2.36. The molecule has 0 amide bonds. The summed E-state index contributed by atoms with van der Waals surface area (Å²) < 4.78 is 9.52. The molecule has 0 fully saturated rings. The van der Waals surface area contributed by atoms with Gasteiger partial charge in [0.1, 0.15) is 9.88 Å². The van der Waals surface area contributed by atoms with Gasteiger partial charge >= 0.3 is 11.9 Å². The van der Waals surface area contributed by atoms with Crippen LogP contribution in [0.15, 0.2) is 29.2 Å². The number of ether oxygens (including phenoxy) is 2. The van der Waals surface area contributed by atoms with Crippen molar-refractivity contribution in [1.29, 1.82) is 0 Å². The molecule has 5 nitrogen and oxygen atoms in total. The number of thiophene rings is 1. The van der Waals surface area contributed by atoms with Gasteiger partial charge in [0.05, 0.1) is 19.8 Å². The minimum atomic E-state index is -0.569. The zero-order valence-electron chi connectivity index (χ0n) is 12.4. The van der Waals surface area contributed by atoms with Crippen LogP contribution in [0, 0.1) is 0 Å². The first-order valence-electron chi connectivity index (χ1n) is 6.44. The highest BCUT2D eigenvalue weighted by Gasteiger charge is 2.27. The largest absolute Gasteiger partial charge is 0.465 e. The van der Waals surface area contributed by atoms with Gasteiger partial charge in [-0.2, -0.15) is 0 Å². The summed E-state index contributed by atoms with van der Waals surface area (Å²) >= 11 is 8.34. The topological polar surface area (TPSA) is 78.6 Å². The zero-order valence-corrected chi connectivity index (χ0v) is 14.8. The molecular formula is C15H14ClNO4S2. The summed E-state index contributed by atoms with van der Waals surface area (Å²) in [5.74, 6) is -0.714. The first-order valence-corrected chi connectivity index (χ1v) is 8.62. The second kappa shape index (κ2) is 7.72. The quantitative estimate of drug-likeness (QED) is 0.635. The summed E-state index contributed by atoms with van der Waals surface area (Å²) in [6.45, 7) is 0. The number of hydrogen-bond donors (Lipinski definition) is 1. The van der Waals surface area contributed by atoms with Crippen LogP contribution in [0.2, 0.25) is 5.02 Å². The Hall–Kier alpha value is -1.70. The van der Waals surface area contributed by atoms with Crippen molar-refractivity contribution in [2.45, 2.75) is 10.6 Å². The first-order chi connectivity index (χ1) is 11.0. The highest BCUT2D eigenvalue weighted by atomic mass is 35.5. The average Bonchev–Trinajstić information content (AvgIpc) is 2.89. The van der Waals surface area contributed by atoms with Crippen molar-refractivity contribution in [1.82, 2.24) is 0 Å². The van der Waals surface area contributed by atoms with Gasteiger partial charge in [0, 0.05) is 21.2 Å². The third-order valence-corrected chi connectivity index (χ3v) is 5.32. The molecule has 2 rings (SSSR count). The molecule has 1 heterocycles. The van der Waals surface area contributed by atoms with Crippen LogP contribution < -0.4 is 5.73 Å². The standard InChI is InChI=1S/C15H14ClNO4S2/c1-20-14(18)11-10(12(15(19)21-2)23-13(11)17)7-22-9-5-3-8(16)4-6-9/h3-6H,7,17H2,1-2H3. The minimum Gasteiger partial charge on any atom is -0.465 e. The van der Waals surface area contributed by atoms with Crippen molar-refractivity contribution in [3.05, 3.63) is 45.3 Å². The van der Waals surface area contributed by atoms with E-state index in [9.17, 15) is 9.59 Å². The molecule has 1 aromatic heterocycles. The number of hydrogen-bond acceptors (Lipinski definition) is 7. The fourth-order valence-corrected chi connectivity index (χ4v) is 4.03. The maximum atomic E-state index is 12.0. The van der Waals surface area contributed by atoms with Crippen LogP contribution in [0.25, 0.3) is 0 Å². The number of carbonyl (C=O) groups is 2. The predicted octanol–water partition coefficient (Wildman–Crippen LogP) is 3.85. The molecule has 23 heavy (non-hydrogen) atoms. The highest BCUT2D eigenvalue weighted by molar-refractivity contribution is 7.98. The molecule has 0 aliphatic heterocycles. The number of esters is 2. The molecule has 8 heteroatoms. The zero-order chi connectivity index (χ0) is 17.0. The van der Waals surface area contributed by atoms with Crippen LogP contribution in [0.3, 0.4) is 0 Å². The van der Waals surface area contributed by atoms with Gasteiger partial charge in [0.25, 0.3) is 0 Å². The van der Waals surface area contributed by atoms with Crippen molar-refractivity contribution in [3.8, 4) is 0 Å². The smallest absolute Gasteiger partial charge is 0.348 e. The van der Waals surface area contributed by atoms with Crippen LogP contribution in [0.5, 0.6) is 0 Å². The molecule has 0 spiro atoms. The Balaban J connectivity index is 2.35. The number of benzene rings is 1. The van der Waals surface area contributed by atoms with E-state index in [-0.39, 0.29) is 10.6 Å². The first kappa shape index (κ1) is 17.7. The average molecular weight is 372 g/mol. The molecule has 0 saturated carbocycles. The number of nitrogens with two attached hydrogens (primary N) is 1. The van der Waals surface area contributed by atoms with Crippen LogP contribution in [0.1, 0.15) is 25.6 Å². The van der Waals surface area contributed by atoms with Gasteiger partial charge in [0.2, 0.25) is 0 Å². The maximum absolute atomic E-state index is 12.0. The van der Waals surface area contributed by atoms with E-state index in [1.807, 2.05) is 12.1 Å². The normalized spacial score (nSPS) is 10.4. The van der Waals surface area contributed by atoms with Gasteiger partial charge in [-0.1, -0.05) is 11.6 Å². The molecule has 0 aliphatic carbocycles. The van der Waals surface area contributed by atoms with Gasteiger partial charge in [-0.25, -0.2) is 9.59 Å². The Morgan fingerprint density at radius 1 is 1.17 bits per heavy atom. The molecule has 2 aromatic rings. The Bertz CT molecular complexity index is 728. The Morgan fingerprint density at radius 3 is 2.35 bits per heavy atom. The minimum absolute atomic E-state index is 0.222. The molecule has 1 aromatic carbocycles. The molecule has 0 radical (unpaired) electrons. The predicted molar refractivity (Wildman–Crippen MR) is 92.4 cm³/mol. The van der Waals surface area contributed by atoms with Gasteiger partial charge < -0.3 is 15.2 Å². The second-order valence-corrected chi connectivity index (χ2v) is 6.91. The van der Waals surface area contributed by atoms with Crippen molar-refractivity contribution in [2.75, 3.05) is 20.0 Å². The van der Waals surface area contributed by atoms with Gasteiger partial charge in [-0.15, -0.1) is 23.1 Å². The summed E-state index contributed by atoms with van der Waals surface area (Å²) in [6, 6.07) is 7.26. The molecule has 122 valence electrons. The van der Waals surface area contributed by atoms with Gasteiger partial charge in [0.15, 0.2) is 0 Å². The van der Waals surface area contributed by atoms with Crippen molar-refractivity contribution in [3.63, 3.8) is 0 Å². The lowest BCUT2D eigenvalue weighted by atomic mass is 10.1. The molecule has 0 aliphatic rings. The van der Waals surface area contributed by atoms with E-state index in [1.165, 1.54) is 26.0 Å². The lowest BCUT2D eigenvalue weighted by molar-refractivity contribution is 0.0601. The van der Waals surface area contributed by atoms with E-state index in [1.54, 1.807) is 12.1 Å². The third kappa shape index (κ3) is 3.99. The Kier molecular flexibility index (Phi) is 5.92.